The number of rotatable bonds is 4. The van der Waals surface area contributed by atoms with Crippen molar-refractivity contribution in [3.63, 3.8) is 0 Å². The smallest absolute Gasteiger partial charge is 0.261 e. The fourth-order valence-corrected chi connectivity index (χ4v) is 2.29. The Morgan fingerprint density at radius 2 is 1.96 bits per heavy atom. The maximum absolute atomic E-state index is 13.5. The Labute approximate surface area is 135 Å². The molecule has 7 heteroatoms. The molecule has 0 spiro atoms. The minimum atomic E-state index is -0.736. The number of carbonyl (C=O) groups excluding carboxylic acids is 1. The van der Waals surface area contributed by atoms with Crippen LogP contribution >= 0.6 is 0 Å². The zero-order valence-electron chi connectivity index (χ0n) is 12.5. The van der Waals surface area contributed by atoms with Gasteiger partial charge in [0.2, 0.25) is 5.91 Å². The van der Waals surface area contributed by atoms with Gasteiger partial charge < -0.3 is 5.32 Å². The molecule has 0 saturated carbocycles. The summed E-state index contributed by atoms with van der Waals surface area (Å²) >= 11 is 0. The van der Waals surface area contributed by atoms with Crippen LogP contribution < -0.4 is 10.9 Å². The number of nitrogens with one attached hydrogen (secondary N) is 1. The van der Waals surface area contributed by atoms with Crippen LogP contribution in [0.5, 0.6) is 0 Å². The van der Waals surface area contributed by atoms with Crippen LogP contribution in [0.2, 0.25) is 0 Å². The second-order valence-electron chi connectivity index (χ2n) is 5.21. The van der Waals surface area contributed by atoms with Gasteiger partial charge in [0.15, 0.2) is 0 Å². The molecule has 0 aliphatic heterocycles. The molecular weight excluding hydrogens is 316 g/mol. The van der Waals surface area contributed by atoms with Gasteiger partial charge in [0.25, 0.3) is 5.56 Å². The lowest BCUT2D eigenvalue weighted by Crippen LogP contribution is -2.32. The van der Waals surface area contributed by atoms with Crippen molar-refractivity contribution in [2.75, 3.05) is 0 Å². The lowest BCUT2D eigenvalue weighted by Gasteiger charge is -2.08. The maximum Gasteiger partial charge on any atom is 0.261 e. The van der Waals surface area contributed by atoms with E-state index in [1.165, 1.54) is 17.0 Å². The van der Waals surface area contributed by atoms with E-state index in [9.17, 15) is 18.4 Å². The standard InChI is InChI=1S/C17H13F2N3O2/c18-12-6-5-11(14(19)7-12)8-20-16(23)9-22-10-21-15-4-2-1-3-13(15)17(22)24/h1-7,10H,8-9H2,(H,20,23). The molecule has 0 fully saturated rings. The highest BCUT2D eigenvalue weighted by Gasteiger charge is 2.09. The van der Waals surface area contributed by atoms with Crippen LogP contribution in [0.3, 0.4) is 0 Å². The molecule has 0 unspecified atom stereocenters. The van der Waals surface area contributed by atoms with Gasteiger partial charge in [0.1, 0.15) is 18.2 Å². The number of amides is 1. The SMILES string of the molecule is O=C(Cn1cnc2ccccc2c1=O)NCc1ccc(F)cc1F. The van der Waals surface area contributed by atoms with Crippen molar-refractivity contribution >= 4 is 16.8 Å². The van der Waals surface area contributed by atoms with E-state index < -0.39 is 17.5 Å². The lowest BCUT2D eigenvalue weighted by atomic mass is 10.2. The van der Waals surface area contributed by atoms with E-state index >= 15 is 0 Å². The molecule has 0 aliphatic rings. The van der Waals surface area contributed by atoms with Gasteiger partial charge in [-0.25, -0.2) is 13.8 Å². The maximum atomic E-state index is 13.5. The normalized spacial score (nSPS) is 10.8. The Morgan fingerprint density at radius 1 is 1.17 bits per heavy atom. The minimum Gasteiger partial charge on any atom is -0.350 e. The lowest BCUT2D eigenvalue weighted by molar-refractivity contribution is -0.121. The Kier molecular flexibility index (Phi) is 4.33. The average molecular weight is 329 g/mol. The van der Waals surface area contributed by atoms with Crippen LogP contribution in [0.1, 0.15) is 5.56 Å². The third kappa shape index (κ3) is 3.29. The molecule has 1 amide bonds. The highest BCUT2D eigenvalue weighted by molar-refractivity contribution is 5.78. The first-order chi connectivity index (χ1) is 11.5. The molecule has 0 aliphatic carbocycles. The third-order valence-corrected chi connectivity index (χ3v) is 3.54. The molecular formula is C17H13F2N3O2. The van der Waals surface area contributed by atoms with Crippen molar-refractivity contribution in [1.82, 2.24) is 14.9 Å². The summed E-state index contributed by atoms with van der Waals surface area (Å²) in [6.07, 6.45) is 1.29. The summed E-state index contributed by atoms with van der Waals surface area (Å²) in [6, 6.07) is 9.94. The van der Waals surface area contributed by atoms with Crippen molar-refractivity contribution in [1.29, 1.82) is 0 Å². The van der Waals surface area contributed by atoms with E-state index in [-0.39, 0.29) is 24.2 Å². The topological polar surface area (TPSA) is 64.0 Å². The molecule has 3 rings (SSSR count). The van der Waals surface area contributed by atoms with Crippen molar-refractivity contribution < 1.29 is 13.6 Å². The molecule has 1 N–H and O–H groups in total. The van der Waals surface area contributed by atoms with Gasteiger partial charge in [-0.15, -0.1) is 0 Å². The minimum absolute atomic E-state index is 0.0965. The molecule has 1 aromatic heterocycles. The fourth-order valence-electron chi connectivity index (χ4n) is 2.29. The Balaban J connectivity index is 1.71. The number of para-hydroxylation sites is 1. The number of hydrogen-bond donors (Lipinski definition) is 1. The summed E-state index contributed by atoms with van der Waals surface area (Å²) < 4.78 is 27.5. The van der Waals surface area contributed by atoms with Crippen molar-refractivity contribution in [2.24, 2.45) is 0 Å². The number of fused-ring (bicyclic) bond motifs is 1. The Morgan fingerprint density at radius 3 is 2.75 bits per heavy atom. The summed E-state index contributed by atoms with van der Waals surface area (Å²) in [5, 5.41) is 2.91. The van der Waals surface area contributed by atoms with Crippen LogP contribution in [-0.4, -0.2) is 15.5 Å². The van der Waals surface area contributed by atoms with Gasteiger partial charge in [-0.2, -0.15) is 0 Å². The summed E-state index contributed by atoms with van der Waals surface area (Å²) in [4.78, 5) is 28.3. The van der Waals surface area contributed by atoms with Gasteiger partial charge >= 0.3 is 0 Å². The molecule has 3 aromatic rings. The number of nitrogens with zero attached hydrogens (tertiary/aromatic N) is 2. The number of benzene rings is 2. The number of halogens is 2. The van der Waals surface area contributed by atoms with Gasteiger partial charge in [-0.1, -0.05) is 18.2 Å². The van der Waals surface area contributed by atoms with E-state index in [0.29, 0.717) is 10.9 Å². The summed E-state index contributed by atoms with van der Waals surface area (Å²) in [5.74, 6) is -1.89. The van der Waals surface area contributed by atoms with Crippen molar-refractivity contribution in [3.8, 4) is 0 Å². The quantitative estimate of drug-likeness (QED) is 0.796. The van der Waals surface area contributed by atoms with Crippen LogP contribution in [0.15, 0.2) is 53.6 Å². The van der Waals surface area contributed by atoms with E-state index in [4.69, 9.17) is 0 Å². The fraction of sp³-hybridized carbons (Fsp3) is 0.118. The average Bonchev–Trinajstić information content (AvgIpc) is 2.57. The Bertz CT molecular complexity index is 969. The second kappa shape index (κ2) is 6.57. The molecule has 122 valence electrons. The first-order valence-corrected chi connectivity index (χ1v) is 7.19. The summed E-state index contributed by atoms with van der Waals surface area (Å²) in [6.45, 7) is -0.333. The van der Waals surface area contributed by atoms with Crippen LogP contribution in [0.4, 0.5) is 8.78 Å². The van der Waals surface area contributed by atoms with Crippen molar-refractivity contribution in [3.05, 3.63) is 76.3 Å². The van der Waals surface area contributed by atoms with Crippen LogP contribution in [0, 0.1) is 11.6 Å². The van der Waals surface area contributed by atoms with Gasteiger partial charge in [0, 0.05) is 18.2 Å². The summed E-state index contributed by atoms with van der Waals surface area (Å²) in [5.41, 5.74) is 0.380. The number of hydrogen-bond acceptors (Lipinski definition) is 3. The number of carbonyl (C=O) groups is 1. The van der Waals surface area contributed by atoms with Gasteiger partial charge in [-0.3, -0.25) is 14.2 Å². The zero-order valence-corrected chi connectivity index (χ0v) is 12.5. The predicted molar refractivity (Wildman–Crippen MR) is 84.2 cm³/mol. The largest absolute Gasteiger partial charge is 0.350 e. The first-order valence-electron chi connectivity index (χ1n) is 7.19. The highest BCUT2D eigenvalue weighted by atomic mass is 19.1. The third-order valence-electron chi connectivity index (χ3n) is 3.54. The predicted octanol–water partition coefficient (Wildman–Crippen LogP) is 1.99. The van der Waals surface area contributed by atoms with Crippen molar-refractivity contribution in [2.45, 2.75) is 13.1 Å². The summed E-state index contributed by atoms with van der Waals surface area (Å²) in [7, 11) is 0. The monoisotopic (exact) mass is 329 g/mol. The Hall–Kier alpha value is -3.09. The molecule has 0 radical (unpaired) electrons. The highest BCUT2D eigenvalue weighted by Crippen LogP contribution is 2.09. The van der Waals surface area contributed by atoms with E-state index in [0.717, 1.165) is 12.1 Å². The van der Waals surface area contributed by atoms with E-state index in [1.807, 2.05) is 0 Å². The molecule has 1 heterocycles. The zero-order chi connectivity index (χ0) is 17.1. The molecule has 5 nitrogen and oxygen atoms in total. The molecule has 24 heavy (non-hydrogen) atoms. The van der Waals surface area contributed by atoms with Gasteiger partial charge in [-0.05, 0) is 18.2 Å². The van der Waals surface area contributed by atoms with Gasteiger partial charge in [0.05, 0.1) is 17.2 Å². The molecule has 0 atom stereocenters. The van der Waals surface area contributed by atoms with Crippen LogP contribution in [0.25, 0.3) is 10.9 Å². The van der Waals surface area contributed by atoms with Crippen LogP contribution in [-0.2, 0) is 17.9 Å². The second-order valence-corrected chi connectivity index (χ2v) is 5.21. The first kappa shape index (κ1) is 15.8. The van der Waals surface area contributed by atoms with E-state index in [1.54, 1.807) is 24.3 Å². The molecule has 0 saturated heterocycles. The molecule has 2 aromatic carbocycles. The number of aromatic nitrogens is 2. The molecule has 0 bridgehead atoms. The van der Waals surface area contributed by atoms with E-state index in [2.05, 4.69) is 10.3 Å².